The van der Waals surface area contributed by atoms with Crippen molar-refractivity contribution >= 4 is 10.0 Å². The number of aromatic nitrogens is 2. The van der Waals surface area contributed by atoms with Gasteiger partial charge in [-0.15, -0.1) is 0 Å². The van der Waals surface area contributed by atoms with Gasteiger partial charge in [-0.1, -0.05) is 13.8 Å². The maximum atomic E-state index is 12.1. The minimum absolute atomic E-state index is 0.0179. The van der Waals surface area contributed by atoms with Crippen LogP contribution < -0.4 is 10.0 Å². The summed E-state index contributed by atoms with van der Waals surface area (Å²) in [4.78, 5) is 0.227. The molecule has 0 fully saturated rings. The van der Waals surface area contributed by atoms with Gasteiger partial charge in [0, 0.05) is 18.8 Å². The van der Waals surface area contributed by atoms with E-state index in [1.165, 1.54) is 6.20 Å². The first-order valence-corrected chi connectivity index (χ1v) is 7.71. The maximum absolute atomic E-state index is 12.1. The molecule has 18 heavy (non-hydrogen) atoms. The Morgan fingerprint density at radius 2 is 2.06 bits per heavy atom. The van der Waals surface area contributed by atoms with Crippen molar-refractivity contribution in [2.75, 3.05) is 13.6 Å². The Kier molecular flexibility index (Phi) is 5.77. The highest BCUT2D eigenvalue weighted by molar-refractivity contribution is 7.89. The van der Waals surface area contributed by atoms with Crippen LogP contribution in [0.3, 0.4) is 0 Å². The smallest absolute Gasteiger partial charge is 0.243 e. The molecule has 0 atom stereocenters. The molecule has 1 rings (SSSR count). The van der Waals surface area contributed by atoms with E-state index in [2.05, 4.69) is 15.1 Å². The van der Waals surface area contributed by atoms with E-state index < -0.39 is 10.0 Å². The molecule has 0 bridgehead atoms. The minimum atomic E-state index is -3.44. The molecule has 0 radical (unpaired) electrons. The van der Waals surface area contributed by atoms with Gasteiger partial charge in [0.2, 0.25) is 10.0 Å². The van der Waals surface area contributed by atoms with Crippen LogP contribution in [0.15, 0.2) is 17.3 Å². The number of hydrogen-bond donors (Lipinski definition) is 2. The second-order valence-electron chi connectivity index (χ2n) is 4.18. The van der Waals surface area contributed by atoms with Gasteiger partial charge in [-0.3, -0.25) is 4.68 Å². The van der Waals surface area contributed by atoms with Gasteiger partial charge in [-0.25, -0.2) is 13.1 Å². The van der Waals surface area contributed by atoms with Gasteiger partial charge < -0.3 is 5.32 Å². The van der Waals surface area contributed by atoms with Crippen molar-refractivity contribution < 1.29 is 8.42 Å². The molecular formula is C11H22N4O2S. The third-order valence-electron chi connectivity index (χ3n) is 2.82. The van der Waals surface area contributed by atoms with Crippen molar-refractivity contribution in [1.29, 1.82) is 0 Å². The summed E-state index contributed by atoms with van der Waals surface area (Å²) in [5.74, 6) is 0. The van der Waals surface area contributed by atoms with Crippen LogP contribution in [-0.2, 0) is 16.6 Å². The number of rotatable bonds is 8. The number of likely N-dealkylation sites (N-methyl/N-ethyl adjacent to an activating group) is 1. The van der Waals surface area contributed by atoms with Gasteiger partial charge in [0.05, 0.1) is 12.7 Å². The summed E-state index contributed by atoms with van der Waals surface area (Å²) in [6.07, 6.45) is 4.51. The van der Waals surface area contributed by atoms with E-state index in [1.807, 2.05) is 20.9 Å². The summed E-state index contributed by atoms with van der Waals surface area (Å²) in [5, 5.41) is 7.03. The largest absolute Gasteiger partial charge is 0.318 e. The Balaban J connectivity index is 2.75. The van der Waals surface area contributed by atoms with Gasteiger partial charge in [0.15, 0.2) is 0 Å². The topological polar surface area (TPSA) is 76.0 Å². The fourth-order valence-corrected chi connectivity index (χ4v) is 2.93. The van der Waals surface area contributed by atoms with Crippen LogP contribution in [0.1, 0.15) is 26.7 Å². The van der Waals surface area contributed by atoms with Gasteiger partial charge in [0.1, 0.15) is 4.90 Å². The van der Waals surface area contributed by atoms with E-state index in [4.69, 9.17) is 0 Å². The third-order valence-corrected chi connectivity index (χ3v) is 4.29. The fraction of sp³-hybridized carbons (Fsp3) is 0.727. The van der Waals surface area contributed by atoms with Crippen LogP contribution in [0.25, 0.3) is 0 Å². The van der Waals surface area contributed by atoms with Crippen molar-refractivity contribution in [3.05, 3.63) is 12.4 Å². The van der Waals surface area contributed by atoms with Crippen molar-refractivity contribution in [1.82, 2.24) is 19.8 Å². The summed E-state index contributed by atoms with van der Waals surface area (Å²) >= 11 is 0. The SMILES string of the molecule is CCC(CC)NS(=O)(=O)c1cnn(CCNC)c1. The summed E-state index contributed by atoms with van der Waals surface area (Å²) in [6, 6.07) is -0.0179. The van der Waals surface area contributed by atoms with Crippen molar-refractivity contribution in [2.45, 2.75) is 44.2 Å². The number of nitrogens with one attached hydrogen (secondary N) is 2. The first-order valence-electron chi connectivity index (χ1n) is 6.22. The first kappa shape index (κ1) is 15.1. The Morgan fingerprint density at radius 1 is 1.39 bits per heavy atom. The highest BCUT2D eigenvalue weighted by atomic mass is 32.2. The van der Waals surface area contributed by atoms with Crippen LogP contribution in [0.5, 0.6) is 0 Å². The monoisotopic (exact) mass is 274 g/mol. The standard InChI is InChI=1S/C11H22N4O2S/c1-4-10(5-2)14-18(16,17)11-8-13-15(9-11)7-6-12-3/h8-10,12,14H,4-7H2,1-3H3. The summed E-state index contributed by atoms with van der Waals surface area (Å²) in [6.45, 7) is 5.33. The molecule has 0 amide bonds. The molecular weight excluding hydrogens is 252 g/mol. The molecule has 0 aromatic carbocycles. The summed E-state index contributed by atoms with van der Waals surface area (Å²) in [7, 11) is -1.60. The predicted molar refractivity (Wildman–Crippen MR) is 70.8 cm³/mol. The zero-order valence-corrected chi connectivity index (χ0v) is 12.0. The molecule has 0 aliphatic carbocycles. The third kappa shape index (κ3) is 4.08. The number of hydrogen-bond acceptors (Lipinski definition) is 4. The van der Waals surface area contributed by atoms with Crippen LogP contribution in [0.4, 0.5) is 0 Å². The quantitative estimate of drug-likeness (QED) is 0.726. The van der Waals surface area contributed by atoms with E-state index in [-0.39, 0.29) is 10.9 Å². The predicted octanol–water partition coefficient (Wildman–Crippen LogP) is 0.569. The minimum Gasteiger partial charge on any atom is -0.318 e. The van der Waals surface area contributed by atoms with E-state index in [1.54, 1.807) is 10.9 Å². The second kappa shape index (κ2) is 6.86. The van der Waals surface area contributed by atoms with E-state index >= 15 is 0 Å². The molecule has 0 spiro atoms. The van der Waals surface area contributed by atoms with Gasteiger partial charge in [0.25, 0.3) is 0 Å². The van der Waals surface area contributed by atoms with E-state index in [9.17, 15) is 8.42 Å². The van der Waals surface area contributed by atoms with Gasteiger partial charge in [-0.2, -0.15) is 5.10 Å². The molecule has 7 heteroatoms. The number of nitrogens with zero attached hydrogens (tertiary/aromatic N) is 2. The van der Waals surface area contributed by atoms with E-state index in [0.29, 0.717) is 6.54 Å². The molecule has 1 heterocycles. The molecule has 0 unspecified atom stereocenters. The normalized spacial score (nSPS) is 12.2. The van der Waals surface area contributed by atoms with Crippen LogP contribution in [-0.4, -0.2) is 37.8 Å². The zero-order valence-electron chi connectivity index (χ0n) is 11.2. The van der Waals surface area contributed by atoms with Gasteiger partial charge in [-0.05, 0) is 19.9 Å². The second-order valence-corrected chi connectivity index (χ2v) is 5.89. The Labute approximate surface area is 109 Å². The van der Waals surface area contributed by atoms with E-state index in [0.717, 1.165) is 19.4 Å². The fourth-order valence-electron chi connectivity index (χ4n) is 1.57. The Morgan fingerprint density at radius 3 is 2.61 bits per heavy atom. The lowest BCUT2D eigenvalue weighted by atomic mass is 10.2. The summed E-state index contributed by atoms with van der Waals surface area (Å²) in [5.41, 5.74) is 0. The molecule has 0 aliphatic heterocycles. The molecule has 0 saturated carbocycles. The Hall–Kier alpha value is -0.920. The average Bonchev–Trinajstić information content (AvgIpc) is 2.83. The van der Waals surface area contributed by atoms with Crippen LogP contribution in [0.2, 0.25) is 0 Å². The number of sulfonamides is 1. The zero-order chi connectivity index (χ0) is 13.6. The van der Waals surface area contributed by atoms with Crippen molar-refractivity contribution in [3.8, 4) is 0 Å². The molecule has 104 valence electrons. The lowest BCUT2D eigenvalue weighted by molar-refractivity contribution is 0.529. The van der Waals surface area contributed by atoms with Crippen LogP contribution >= 0.6 is 0 Å². The first-order chi connectivity index (χ1) is 8.53. The van der Waals surface area contributed by atoms with Crippen molar-refractivity contribution in [3.63, 3.8) is 0 Å². The molecule has 2 N–H and O–H groups in total. The molecule has 0 saturated heterocycles. The maximum Gasteiger partial charge on any atom is 0.243 e. The lowest BCUT2D eigenvalue weighted by Gasteiger charge is -2.13. The Bertz CT molecular complexity index is 451. The summed E-state index contributed by atoms with van der Waals surface area (Å²) < 4.78 is 28.4. The highest BCUT2D eigenvalue weighted by Gasteiger charge is 2.19. The highest BCUT2D eigenvalue weighted by Crippen LogP contribution is 2.09. The lowest BCUT2D eigenvalue weighted by Crippen LogP contribution is -2.33. The molecule has 6 nitrogen and oxygen atoms in total. The average molecular weight is 274 g/mol. The molecule has 1 aromatic heterocycles. The molecule has 1 aromatic rings. The molecule has 0 aliphatic rings. The van der Waals surface area contributed by atoms with Crippen molar-refractivity contribution in [2.24, 2.45) is 0 Å². The van der Waals surface area contributed by atoms with Crippen LogP contribution in [0, 0.1) is 0 Å². The van der Waals surface area contributed by atoms with Gasteiger partial charge >= 0.3 is 0 Å².